The van der Waals surface area contributed by atoms with Crippen molar-refractivity contribution in [2.24, 2.45) is 0 Å². The van der Waals surface area contributed by atoms with Crippen LogP contribution in [0.25, 0.3) is 5.69 Å². The summed E-state index contributed by atoms with van der Waals surface area (Å²) in [5.41, 5.74) is 0.314. The summed E-state index contributed by atoms with van der Waals surface area (Å²) >= 11 is 0. The average molecular weight is 420 g/mol. The van der Waals surface area contributed by atoms with E-state index >= 15 is 0 Å². The van der Waals surface area contributed by atoms with Crippen LogP contribution in [0.3, 0.4) is 0 Å². The van der Waals surface area contributed by atoms with Crippen molar-refractivity contribution < 1.29 is 17.2 Å². The van der Waals surface area contributed by atoms with Gasteiger partial charge in [-0.15, -0.1) is 5.10 Å². The van der Waals surface area contributed by atoms with Crippen molar-refractivity contribution in [3.63, 3.8) is 0 Å². The summed E-state index contributed by atoms with van der Waals surface area (Å²) in [4.78, 5) is 2.29. The molecule has 152 valence electrons. The van der Waals surface area contributed by atoms with Crippen molar-refractivity contribution in [3.05, 3.63) is 66.0 Å². The summed E-state index contributed by atoms with van der Waals surface area (Å²) in [6.07, 6.45) is 0. The van der Waals surface area contributed by atoms with Crippen LogP contribution >= 0.6 is 0 Å². The molecule has 1 saturated heterocycles. The molecule has 1 aromatic heterocycles. The maximum atomic E-state index is 13.5. The van der Waals surface area contributed by atoms with E-state index in [0.29, 0.717) is 44.2 Å². The minimum absolute atomic E-state index is 0.274. The van der Waals surface area contributed by atoms with Gasteiger partial charge in [-0.1, -0.05) is 18.2 Å². The number of benzene rings is 2. The van der Waals surface area contributed by atoms with Crippen LogP contribution < -0.4 is 0 Å². The number of halogens is 2. The number of hydrogen-bond donors (Lipinski definition) is 0. The first-order valence-electron chi connectivity index (χ1n) is 8.95. The average Bonchev–Trinajstić information content (AvgIpc) is 3.19. The lowest BCUT2D eigenvalue weighted by Gasteiger charge is -2.33. The number of piperazine rings is 1. The largest absolute Gasteiger partial charge is 0.293 e. The van der Waals surface area contributed by atoms with Crippen molar-refractivity contribution in [1.29, 1.82) is 0 Å². The summed E-state index contributed by atoms with van der Waals surface area (Å²) < 4.78 is 54.9. The third kappa shape index (κ3) is 4.02. The fourth-order valence-corrected chi connectivity index (χ4v) is 4.63. The van der Waals surface area contributed by atoms with Crippen LogP contribution in [-0.2, 0) is 16.6 Å². The van der Waals surface area contributed by atoms with E-state index in [1.807, 2.05) is 4.90 Å². The summed E-state index contributed by atoms with van der Waals surface area (Å²) in [5, 5.41) is 11.4. The molecule has 0 atom stereocenters. The minimum atomic E-state index is -3.52. The molecule has 3 aromatic rings. The van der Waals surface area contributed by atoms with Gasteiger partial charge in [0, 0.05) is 32.2 Å². The summed E-state index contributed by atoms with van der Waals surface area (Å²) in [7, 11) is -3.52. The van der Waals surface area contributed by atoms with E-state index in [1.165, 1.54) is 15.1 Å². The van der Waals surface area contributed by atoms with E-state index in [9.17, 15) is 17.2 Å². The standard InChI is InChI=1S/C18H18F2N6O2S/c19-16-7-6-14(12-17(16)20)26-18(21-22-23-26)13-24-8-10-25(11-9-24)29(27,28)15-4-2-1-3-5-15/h1-7,12H,8-11,13H2. The Hall–Kier alpha value is -2.76. The third-order valence-electron chi connectivity index (χ3n) is 4.76. The number of tetrazole rings is 1. The lowest BCUT2D eigenvalue weighted by atomic mass is 10.3. The fourth-order valence-electron chi connectivity index (χ4n) is 3.19. The summed E-state index contributed by atoms with van der Waals surface area (Å²) in [5.74, 6) is -1.47. The van der Waals surface area contributed by atoms with E-state index in [4.69, 9.17) is 0 Å². The van der Waals surface area contributed by atoms with Crippen LogP contribution in [0, 0.1) is 11.6 Å². The van der Waals surface area contributed by atoms with Crippen LogP contribution in [0.4, 0.5) is 8.78 Å². The molecule has 11 heteroatoms. The Labute approximate surface area is 166 Å². The highest BCUT2D eigenvalue weighted by Crippen LogP contribution is 2.19. The van der Waals surface area contributed by atoms with E-state index in [2.05, 4.69) is 15.5 Å². The smallest absolute Gasteiger partial charge is 0.243 e. The molecule has 2 heterocycles. The van der Waals surface area contributed by atoms with Gasteiger partial charge >= 0.3 is 0 Å². The molecule has 8 nitrogen and oxygen atoms in total. The Kier molecular flexibility index (Phi) is 5.35. The molecular formula is C18H18F2N6O2S. The van der Waals surface area contributed by atoms with E-state index in [0.717, 1.165) is 12.1 Å². The highest BCUT2D eigenvalue weighted by molar-refractivity contribution is 7.89. The van der Waals surface area contributed by atoms with Gasteiger partial charge in [0.2, 0.25) is 10.0 Å². The Morgan fingerprint density at radius 3 is 2.34 bits per heavy atom. The van der Waals surface area contributed by atoms with Crippen LogP contribution in [0.2, 0.25) is 0 Å². The molecule has 0 radical (unpaired) electrons. The Morgan fingerprint density at radius 2 is 1.66 bits per heavy atom. The van der Waals surface area contributed by atoms with E-state index < -0.39 is 21.7 Å². The van der Waals surface area contributed by atoms with Crippen LogP contribution in [-0.4, -0.2) is 64.0 Å². The van der Waals surface area contributed by atoms with Gasteiger partial charge in [-0.3, -0.25) is 4.90 Å². The van der Waals surface area contributed by atoms with Crippen LogP contribution in [0.1, 0.15) is 5.82 Å². The van der Waals surface area contributed by atoms with E-state index in [-0.39, 0.29) is 4.90 Å². The minimum Gasteiger partial charge on any atom is -0.293 e. The maximum Gasteiger partial charge on any atom is 0.243 e. The van der Waals surface area contributed by atoms with Gasteiger partial charge in [0.15, 0.2) is 17.5 Å². The first-order chi connectivity index (χ1) is 13.9. The molecular weight excluding hydrogens is 402 g/mol. The molecule has 29 heavy (non-hydrogen) atoms. The van der Waals surface area contributed by atoms with Crippen LogP contribution in [0.15, 0.2) is 53.4 Å². The van der Waals surface area contributed by atoms with Gasteiger partial charge in [-0.05, 0) is 34.7 Å². The number of aromatic nitrogens is 4. The monoisotopic (exact) mass is 420 g/mol. The van der Waals surface area contributed by atoms with Crippen molar-refractivity contribution in [3.8, 4) is 5.69 Å². The summed E-state index contributed by atoms with van der Waals surface area (Å²) in [6.45, 7) is 2.02. The summed E-state index contributed by atoms with van der Waals surface area (Å²) in [6, 6.07) is 11.8. The predicted molar refractivity (Wildman–Crippen MR) is 99.5 cm³/mol. The molecule has 0 aliphatic carbocycles. The van der Waals surface area contributed by atoms with Gasteiger partial charge in [0.1, 0.15) is 0 Å². The third-order valence-corrected chi connectivity index (χ3v) is 6.67. The quantitative estimate of drug-likeness (QED) is 0.621. The lowest BCUT2D eigenvalue weighted by molar-refractivity contribution is 0.177. The molecule has 0 bridgehead atoms. The van der Waals surface area contributed by atoms with Crippen molar-refractivity contribution in [2.45, 2.75) is 11.4 Å². The molecule has 1 aliphatic rings. The van der Waals surface area contributed by atoms with Crippen molar-refractivity contribution in [1.82, 2.24) is 29.4 Å². The molecule has 0 N–H and O–H groups in total. The molecule has 4 rings (SSSR count). The highest BCUT2D eigenvalue weighted by Gasteiger charge is 2.29. The molecule has 1 aliphatic heterocycles. The van der Waals surface area contributed by atoms with Crippen molar-refractivity contribution in [2.75, 3.05) is 26.2 Å². The van der Waals surface area contributed by atoms with Crippen LogP contribution in [0.5, 0.6) is 0 Å². The van der Waals surface area contributed by atoms with Gasteiger partial charge < -0.3 is 0 Å². The van der Waals surface area contributed by atoms with Gasteiger partial charge in [-0.25, -0.2) is 17.2 Å². The SMILES string of the molecule is O=S(=O)(c1ccccc1)N1CCN(Cc2nnnn2-c2ccc(F)c(F)c2)CC1. The molecule has 0 saturated carbocycles. The normalized spacial score (nSPS) is 16.2. The van der Waals surface area contributed by atoms with Gasteiger partial charge in [-0.2, -0.15) is 8.99 Å². The predicted octanol–water partition coefficient (Wildman–Crippen LogP) is 1.45. The number of nitrogens with zero attached hydrogens (tertiary/aromatic N) is 6. The number of hydrogen-bond acceptors (Lipinski definition) is 6. The second-order valence-corrected chi connectivity index (χ2v) is 8.54. The Morgan fingerprint density at radius 1 is 0.931 bits per heavy atom. The fraction of sp³-hybridized carbons (Fsp3) is 0.278. The molecule has 0 unspecified atom stereocenters. The highest BCUT2D eigenvalue weighted by atomic mass is 32.2. The zero-order chi connectivity index (χ0) is 20.4. The zero-order valence-electron chi connectivity index (χ0n) is 15.3. The topological polar surface area (TPSA) is 84.2 Å². The maximum absolute atomic E-state index is 13.5. The van der Waals surface area contributed by atoms with Crippen molar-refractivity contribution >= 4 is 10.0 Å². The zero-order valence-corrected chi connectivity index (χ0v) is 16.1. The number of sulfonamides is 1. The van der Waals surface area contributed by atoms with Gasteiger partial charge in [0.05, 0.1) is 17.1 Å². The number of rotatable bonds is 5. The Balaban J connectivity index is 1.43. The molecule has 0 amide bonds. The first-order valence-corrected chi connectivity index (χ1v) is 10.4. The second kappa shape index (κ2) is 7.93. The molecule has 1 fully saturated rings. The molecule has 2 aromatic carbocycles. The second-order valence-electron chi connectivity index (χ2n) is 6.60. The Bertz CT molecular complexity index is 1100. The van der Waals surface area contributed by atoms with E-state index in [1.54, 1.807) is 30.3 Å². The lowest BCUT2D eigenvalue weighted by Crippen LogP contribution is -2.48. The first kappa shape index (κ1) is 19.6. The van der Waals surface area contributed by atoms with Gasteiger partial charge in [0.25, 0.3) is 0 Å². The molecule has 0 spiro atoms.